The summed E-state index contributed by atoms with van der Waals surface area (Å²) in [6, 6.07) is 23.4. The largest absolute Gasteiger partial charge is 0.449 e. The summed E-state index contributed by atoms with van der Waals surface area (Å²) in [7, 11) is 0. The number of carbonyl (C=O) groups excluding carboxylic acids is 2. The normalized spacial score (nSPS) is 18.2. The molecular formula is C28H26F2N2O4. The monoisotopic (exact) mass is 492 g/mol. The zero-order valence-electron chi connectivity index (χ0n) is 19.5. The quantitative estimate of drug-likeness (QED) is 0.506. The molecule has 2 aliphatic rings. The molecule has 0 bridgehead atoms. The third-order valence-corrected chi connectivity index (χ3v) is 6.70. The van der Waals surface area contributed by atoms with Gasteiger partial charge < -0.3 is 19.7 Å². The molecule has 1 saturated heterocycles. The number of ether oxygens (including phenoxy) is 2. The smallest absolute Gasteiger partial charge is 0.410 e. The lowest BCUT2D eigenvalue weighted by atomic mass is 9.98. The van der Waals surface area contributed by atoms with Crippen LogP contribution in [0.15, 0.2) is 78.9 Å². The number of alkyl carbamates (subject to hydrolysis) is 1. The van der Waals surface area contributed by atoms with Gasteiger partial charge in [-0.25, -0.2) is 18.4 Å². The van der Waals surface area contributed by atoms with E-state index in [-0.39, 0.29) is 32.1 Å². The van der Waals surface area contributed by atoms with Crippen LogP contribution in [0.2, 0.25) is 0 Å². The minimum Gasteiger partial charge on any atom is -0.449 e. The third-order valence-electron chi connectivity index (χ3n) is 6.70. The van der Waals surface area contributed by atoms with Gasteiger partial charge in [-0.1, -0.05) is 78.9 Å². The summed E-state index contributed by atoms with van der Waals surface area (Å²) in [5.74, 6) is -3.49. The first-order valence-electron chi connectivity index (χ1n) is 11.9. The van der Waals surface area contributed by atoms with Crippen molar-refractivity contribution in [1.29, 1.82) is 0 Å². The Morgan fingerprint density at radius 1 is 0.889 bits per heavy atom. The Hall–Kier alpha value is -3.94. The first-order valence-corrected chi connectivity index (χ1v) is 11.9. The van der Waals surface area contributed by atoms with Crippen LogP contribution in [0.4, 0.5) is 18.4 Å². The molecule has 5 rings (SSSR count). The second-order valence-corrected chi connectivity index (χ2v) is 9.03. The minimum absolute atomic E-state index is 0.00315. The number of piperidine rings is 1. The van der Waals surface area contributed by atoms with Gasteiger partial charge in [0, 0.05) is 12.5 Å². The Labute approximate surface area is 207 Å². The van der Waals surface area contributed by atoms with E-state index in [1.807, 2.05) is 54.6 Å². The summed E-state index contributed by atoms with van der Waals surface area (Å²) >= 11 is 0. The Morgan fingerprint density at radius 3 is 2.14 bits per heavy atom. The van der Waals surface area contributed by atoms with Crippen molar-refractivity contribution in [2.24, 2.45) is 0 Å². The molecule has 1 atom stereocenters. The molecule has 1 aliphatic heterocycles. The lowest BCUT2D eigenvalue weighted by Gasteiger charge is -2.37. The number of rotatable bonds is 5. The van der Waals surface area contributed by atoms with Crippen molar-refractivity contribution in [2.75, 3.05) is 19.7 Å². The van der Waals surface area contributed by atoms with E-state index in [1.165, 1.54) is 0 Å². The molecule has 0 spiro atoms. The summed E-state index contributed by atoms with van der Waals surface area (Å²) in [6.45, 7) is -0.758. The van der Waals surface area contributed by atoms with Crippen LogP contribution in [0.25, 0.3) is 11.1 Å². The predicted octanol–water partition coefficient (Wildman–Crippen LogP) is 5.57. The van der Waals surface area contributed by atoms with E-state index in [2.05, 4.69) is 5.32 Å². The number of halogens is 2. The highest BCUT2D eigenvalue weighted by Gasteiger charge is 2.47. The molecule has 6 nitrogen and oxygen atoms in total. The highest BCUT2D eigenvalue weighted by atomic mass is 19.3. The molecule has 0 aromatic heterocycles. The van der Waals surface area contributed by atoms with Gasteiger partial charge in [0.25, 0.3) is 5.92 Å². The fourth-order valence-electron chi connectivity index (χ4n) is 4.87. The van der Waals surface area contributed by atoms with Gasteiger partial charge in [0.15, 0.2) is 0 Å². The van der Waals surface area contributed by atoms with E-state index < -0.39 is 30.7 Å². The zero-order chi connectivity index (χ0) is 25.1. The number of fused-ring (bicyclic) bond motifs is 3. The topological polar surface area (TPSA) is 67.9 Å². The van der Waals surface area contributed by atoms with Crippen molar-refractivity contribution in [3.63, 3.8) is 0 Å². The standard InChI is InChI=1S/C28H26F2N2O4/c29-28(30)18-32(27(34)36-16-19-8-2-1-3-9-19)15-14-25(28)31-26(33)35-17-24-22-12-6-4-10-20(22)21-11-5-7-13-23(21)24/h1-13,24-25H,14-18H2,(H,31,33). The molecule has 0 saturated carbocycles. The second kappa shape index (κ2) is 9.97. The highest BCUT2D eigenvalue weighted by molar-refractivity contribution is 5.79. The van der Waals surface area contributed by atoms with Gasteiger partial charge in [0.2, 0.25) is 0 Å². The molecule has 3 aromatic carbocycles. The molecule has 1 unspecified atom stereocenters. The molecule has 8 heteroatoms. The molecule has 1 N–H and O–H groups in total. The number of hydrogen-bond acceptors (Lipinski definition) is 4. The van der Waals surface area contributed by atoms with E-state index in [1.54, 1.807) is 24.3 Å². The molecular weight excluding hydrogens is 466 g/mol. The van der Waals surface area contributed by atoms with Crippen LogP contribution in [0.3, 0.4) is 0 Å². The molecule has 1 fully saturated rings. The van der Waals surface area contributed by atoms with Gasteiger partial charge >= 0.3 is 12.2 Å². The maximum absolute atomic E-state index is 14.8. The van der Waals surface area contributed by atoms with E-state index in [0.29, 0.717) is 0 Å². The summed E-state index contributed by atoms with van der Waals surface area (Å²) in [4.78, 5) is 25.8. The first kappa shape index (κ1) is 23.8. The van der Waals surface area contributed by atoms with Gasteiger partial charge in [-0.05, 0) is 34.2 Å². The van der Waals surface area contributed by atoms with Crippen LogP contribution in [-0.4, -0.2) is 48.7 Å². The molecule has 1 aliphatic carbocycles. The SMILES string of the molecule is O=C(NC1CCN(C(=O)OCc2ccccc2)CC1(F)F)OCC1c2ccccc2-c2ccccc21. The summed E-state index contributed by atoms with van der Waals surface area (Å²) in [6.07, 6.45) is -1.82. The Kier molecular flexibility index (Phi) is 6.59. The average molecular weight is 493 g/mol. The Balaban J connectivity index is 1.15. The van der Waals surface area contributed by atoms with E-state index in [0.717, 1.165) is 32.7 Å². The van der Waals surface area contributed by atoms with E-state index in [4.69, 9.17) is 9.47 Å². The number of carbonyl (C=O) groups is 2. The third kappa shape index (κ3) is 4.89. The van der Waals surface area contributed by atoms with Gasteiger partial charge in [0.05, 0.1) is 12.6 Å². The fraction of sp³-hybridized carbons (Fsp3) is 0.286. The predicted molar refractivity (Wildman–Crippen MR) is 130 cm³/mol. The highest BCUT2D eigenvalue weighted by Crippen LogP contribution is 2.44. The lowest BCUT2D eigenvalue weighted by molar-refractivity contribution is -0.0850. The average Bonchev–Trinajstić information content (AvgIpc) is 3.21. The van der Waals surface area contributed by atoms with Gasteiger partial charge in [-0.3, -0.25) is 0 Å². The van der Waals surface area contributed by atoms with Gasteiger partial charge in [-0.15, -0.1) is 0 Å². The number of nitrogens with one attached hydrogen (secondary N) is 1. The maximum atomic E-state index is 14.8. The van der Waals surface area contributed by atoms with Crippen LogP contribution in [0, 0.1) is 0 Å². The van der Waals surface area contributed by atoms with Crippen LogP contribution in [0.1, 0.15) is 29.0 Å². The maximum Gasteiger partial charge on any atom is 0.410 e. The second-order valence-electron chi connectivity index (χ2n) is 9.03. The van der Waals surface area contributed by atoms with Crippen LogP contribution in [0.5, 0.6) is 0 Å². The van der Waals surface area contributed by atoms with Crippen molar-refractivity contribution in [3.8, 4) is 11.1 Å². The number of likely N-dealkylation sites (tertiary alicyclic amines) is 1. The van der Waals surface area contributed by atoms with Crippen LogP contribution in [-0.2, 0) is 16.1 Å². The van der Waals surface area contributed by atoms with Gasteiger partial charge in [-0.2, -0.15) is 0 Å². The Bertz CT molecular complexity index is 1210. The minimum atomic E-state index is -3.32. The van der Waals surface area contributed by atoms with Crippen molar-refractivity contribution >= 4 is 12.2 Å². The summed E-state index contributed by atoms with van der Waals surface area (Å²) in [5, 5.41) is 2.31. The lowest BCUT2D eigenvalue weighted by Crippen LogP contribution is -2.59. The summed E-state index contributed by atoms with van der Waals surface area (Å²) < 4.78 is 40.2. The number of alkyl halides is 2. The van der Waals surface area contributed by atoms with Crippen molar-refractivity contribution in [3.05, 3.63) is 95.6 Å². The van der Waals surface area contributed by atoms with Crippen molar-refractivity contribution < 1.29 is 27.8 Å². The number of amides is 2. The molecule has 3 aromatic rings. The molecule has 0 radical (unpaired) electrons. The molecule has 186 valence electrons. The van der Waals surface area contributed by atoms with Crippen LogP contribution >= 0.6 is 0 Å². The van der Waals surface area contributed by atoms with Crippen molar-refractivity contribution in [1.82, 2.24) is 10.2 Å². The molecule has 1 heterocycles. The van der Waals surface area contributed by atoms with Crippen molar-refractivity contribution in [2.45, 2.75) is 30.9 Å². The van der Waals surface area contributed by atoms with Gasteiger partial charge in [0.1, 0.15) is 13.2 Å². The zero-order valence-corrected chi connectivity index (χ0v) is 19.5. The number of nitrogens with zero attached hydrogens (tertiary/aromatic N) is 1. The molecule has 2 amide bonds. The van der Waals surface area contributed by atoms with E-state index in [9.17, 15) is 18.4 Å². The number of benzene rings is 3. The van der Waals surface area contributed by atoms with Crippen LogP contribution < -0.4 is 5.32 Å². The fourth-order valence-corrected chi connectivity index (χ4v) is 4.87. The number of hydrogen-bond donors (Lipinski definition) is 1. The Morgan fingerprint density at radius 2 is 1.50 bits per heavy atom. The molecule has 36 heavy (non-hydrogen) atoms. The first-order chi connectivity index (χ1) is 17.4. The van der Waals surface area contributed by atoms with E-state index >= 15 is 0 Å². The summed E-state index contributed by atoms with van der Waals surface area (Å²) in [5.41, 5.74) is 5.02.